The second kappa shape index (κ2) is 7.08. The molecular formula is C15H22N4O2. The van der Waals surface area contributed by atoms with Crippen LogP contribution in [-0.2, 0) is 11.2 Å². The molecule has 1 fully saturated rings. The van der Waals surface area contributed by atoms with Crippen molar-refractivity contribution in [3.8, 4) is 0 Å². The number of hydrogen-bond donors (Lipinski definition) is 2. The lowest BCUT2D eigenvalue weighted by Crippen LogP contribution is -2.51. The van der Waals surface area contributed by atoms with Gasteiger partial charge in [-0.1, -0.05) is 35.0 Å². The summed E-state index contributed by atoms with van der Waals surface area (Å²) in [4.78, 5) is 16.2. The molecule has 0 aliphatic carbocycles. The molecule has 6 heteroatoms. The largest absolute Gasteiger partial charge is 0.409 e. The van der Waals surface area contributed by atoms with Crippen LogP contribution in [0.4, 0.5) is 0 Å². The number of benzene rings is 1. The van der Waals surface area contributed by atoms with E-state index in [-0.39, 0.29) is 11.7 Å². The average Bonchev–Trinajstić information content (AvgIpc) is 2.50. The molecule has 0 spiro atoms. The number of nitrogens with two attached hydrogens (primary N) is 1. The highest BCUT2D eigenvalue weighted by molar-refractivity contribution is 5.82. The molecule has 6 nitrogen and oxygen atoms in total. The number of rotatable bonds is 4. The molecule has 0 atom stereocenters. The molecule has 0 unspecified atom stereocenters. The molecule has 0 radical (unpaired) electrons. The lowest BCUT2D eigenvalue weighted by molar-refractivity contribution is -0.132. The average molecular weight is 290 g/mol. The smallest absolute Gasteiger partial charge is 0.227 e. The Kier molecular flexibility index (Phi) is 5.16. The summed E-state index contributed by atoms with van der Waals surface area (Å²) in [5, 5.41) is 11.5. The zero-order valence-corrected chi connectivity index (χ0v) is 12.3. The Morgan fingerprint density at radius 2 is 1.86 bits per heavy atom. The first-order valence-electron chi connectivity index (χ1n) is 7.10. The summed E-state index contributed by atoms with van der Waals surface area (Å²) in [6, 6.07) is 8.05. The molecule has 114 valence electrons. The van der Waals surface area contributed by atoms with Gasteiger partial charge in [-0.2, -0.15) is 0 Å². The minimum atomic E-state index is 0.155. The predicted molar refractivity (Wildman–Crippen MR) is 81.3 cm³/mol. The van der Waals surface area contributed by atoms with Gasteiger partial charge in [0.1, 0.15) is 0 Å². The second-order valence-corrected chi connectivity index (χ2v) is 5.41. The van der Waals surface area contributed by atoms with Crippen molar-refractivity contribution in [1.29, 1.82) is 0 Å². The van der Waals surface area contributed by atoms with Gasteiger partial charge >= 0.3 is 0 Å². The Morgan fingerprint density at radius 3 is 2.43 bits per heavy atom. The van der Waals surface area contributed by atoms with E-state index >= 15 is 0 Å². The maximum absolute atomic E-state index is 12.3. The van der Waals surface area contributed by atoms with Gasteiger partial charge in [0, 0.05) is 26.2 Å². The summed E-state index contributed by atoms with van der Waals surface area (Å²) in [5.74, 6) is 0.358. The van der Waals surface area contributed by atoms with E-state index in [0.717, 1.165) is 18.7 Å². The fourth-order valence-electron chi connectivity index (χ4n) is 2.41. The molecule has 1 saturated heterocycles. The van der Waals surface area contributed by atoms with Gasteiger partial charge in [0.15, 0.2) is 5.84 Å². The van der Waals surface area contributed by atoms with Crippen molar-refractivity contribution >= 4 is 11.7 Å². The molecule has 3 N–H and O–H groups in total. The van der Waals surface area contributed by atoms with Gasteiger partial charge in [-0.15, -0.1) is 0 Å². The lowest BCUT2D eigenvalue weighted by atomic mass is 10.1. The lowest BCUT2D eigenvalue weighted by Gasteiger charge is -2.34. The van der Waals surface area contributed by atoms with Gasteiger partial charge in [0.05, 0.1) is 13.0 Å². The van der Waals surface area contributed by atoms with E-state index < -0.39 is 0 Å². The van der Waals surface area contributed by atoms with Crippen LogP contribution in [0.15, 0.2) is 29.4 Å². The summed E-state index contributed by atoms with van der Waals surface area (Å²) >= 11 is 0. The molecule has 1 aromatic rings. The van der Waals surface area contributed by atoms with Crippen LogP contribution < -0.4 is 5.73 Å². The number of hydrogen-bond acceptors (Lipinski definition) is 4. The van der Waals surface area contributed by atoms with Crippen LogP contribution in [0.3, 0.4) is 0 Å². The van der Waals surface area contributed by atoms with Crippen LogP contribution >= 0.6 is 0 Å². The minimum Gasteiger partial charge on any atom is -0.409 e. The summed E-state index contributed by atoms with van der Waals surface area (Å²) in [5.41, 5.74) is 7.73. The number of aryl methyl sites for hydroxylation is 1. The van der Waals surface area contributed by atoms with Crippen LogP contribution in [0, 0.1) is 6.92 Å². The highest BCUT2D eigenvalue weighted by Crippen LogP contribution is 2.08. The van der Waals surface area contributed by atoms with Gasteiger partial charge in [0.25, 0.3) is 0 Å². The van der Waals surface area contributed by atoms with Crippen LogP contribution in [0.5, 0.6) is 0 Å². The third kappa shape index (κ3) is 4.46. The van der Waals surface area contributed by atoms with E-state index in [4.69, 9.17) is 10.9 Å². The molecular weight excluding hydrogens is 268 g/mol. The molecule has 0 aromatic heterocycles. The molecule has 1 aliphatic heterocycles. The Balaban J connectivity index is 1.81. The van der Waals surface area contributed by atoms with E-state index in [0.29, 0.717) is 26.1 Å². The monoisotopic (exact) mass is 290 g/mol. The molecule has 21 heavy (non-hydrogen) atoms. The quantitative estimate of drug-likeness (QED) is 0.364. The number of amidine groups is 1. The number of piperazine rings is 1. The first-order valence-corrected chi connectivity index (χ1v) is 7.10. The van der Waals surface area contributed by atoms with Crippen molar-refractivity contribution in [1.82, 2.24) is 9.80 Å². The van der Waals surface area contributed by atoms with Crippen molar-refractivity contribution in [2.45, 2.75) is 13.3 Å². The molecule has 1 aliphatic rings. The minimum absolute atomic E-state index is 0.155. The first kappa shape index (κ1) is 15.3. The zero-order valence-electron chi connectivity index (χ0n) is 12.3. The molecule has 0 saturated carbocycles. The summed E-state index contributed by atoms with van der Waals surface area (Å²) < 4.78 is 0. The first-order chi connectivity index (χ1) is 10.1. The van der Waals surface area contributed by atoms with Gasteiger partial charge in [-0.3, -0.25) is 9.69 Å². The number of oxime groups is 1. The van der Waals surface area contributed by atoms with E-state index in [1.165, 1.54) is 5.56 Å². The fraction of sp³-hybridized carbons (Fsp3) is 0.467. The van der Waals surface area contributed by atoms with Crippen molar-refractivity contribution < 1.29 is 10.0 Å². The van der Waals surface area contributed by atoms with E-state index in [2.05, 4.69) is 10.1 Å². The highest BCUT2D eigenvalue weighted by atomic mass is 16.4. The van der Waals surface area contributed by atoms with Crippen LogP contribution in [0.2, 0.25) is 0 Å². The molecule has 1 heterocycles. The number of carbonyl (C=O) groups is 1. The van der Waals surface area contributed by atoms with E-state index in [1.54, 1.807) is 0 Å². The van der Waals surface area contributed by atoms with E-state index in [1.807, 2.05) is 36.1 Å². The normalized spacial score (nSPS) is 17.0. The van der Waals surface area contributed by atoms with Crippen molar-refractivity contribution in [3.63, 3.8) is 0 Å². The topological polar surface area (TPSA) is 82.2 Å². The van der Waals surface area contributed by atoms with E-state index in [9.17, 15) is 4.79 Å². The van der Waals surface area contributed by atoms with Gasteiger partial charge in [0.2, 0.25) is 5.91 Å². The Morgan fingerprint density at radius 1 is 1.24 bits per heavy atom. The third-order valence-electron chi connectivity index (χ3n) is 3.71. The Hall–Kier alpha value is -2.08. The molecule has 1 aromatic carbocycles. The van der Waals surface area contributed by atoms with Gasteiger partial charge in [-0.25, -0.2) is 0 Å². The second-order valence-electron chi connectivity index (χ2n) is 5.41. The molecule has 0 bridgehead atoms. The van der Waals surface area contributed by atoms with Crippen LogP contribution in [0.1, 0.15) is 11.1 Å². The predicted octanol–water partition coefficient (Wildman–Crippen LogP) is 0.428. The highest BCUT2D eigenvalue weighted by Gasteiger charge is 2.21. The third-order valence-corrected chi connectivity index (χ3v) is 3.71. The van der Waals surface area contributed by atoms with Crippen LogP contribution in [0.25, 0.3) is 0 Å². The molecule has 1 amide bonds. The Labute approximate surface area is 124 Å². The summed E-state index contributed by atoms with van der Waals surface area (Å²) in [6.07, 6.45) is 0.445. The maximum atomic E-state index is 12.3. The number of nitrogens with zero attached hydrogens (tertiary/aromatic N) is 3. The van der Waals surface area contributed by atoms with Crippen molar-refractivity contribution in [2.24, 2.45) is 10.9 Å². The van der Waals surface area contributed by atoms with Gasteiger partial charge in [-0.05, 0) is 12.5 Å². The van der Waals surface area contributed by atoms with Crippen LogP contribution in [-0.4, -0.2) is 59.5 Å². The number of carbonyl (C=O) groups excluding carboxylic acids is 1. The van der Waals surface area contributed by atoms with Crippen molar-refractivity contribution in [3.05, 3.63) is 35.4 Å². The zero-order chi connectivity index (χ0) is 15.2. The van der Waals surface area contributed by atoms with Crippen molar-refractivity contribution in [2.75, 3.05) is 32.7 Å². The van der Waals surface area contributed by atoms with Gasteiger partial charge < -0.3 is 15.8 Å². The molecule has 2 rings (SSSR count). The SMILES string of the molecule is Cc1ccc(CC(=O)N2CCN(CC(N)=NO)CC2)cc1. The maximum Gasteiger partial charge on any atom is 0.227 e. The summed E-state index contributed by atoms with van der Waals surface area (Å²) in [7, 11) is 0. The Bertz CT molecular complexity index is 505. The standard InChI is InChI=1S/C15H22N4O2/c1-12-2-4-13(5-3-12)10-15(20)19-8-6-18(7-9-19)11-14(16)17-21/h2-5,21H,6-11H2,1H3,(H2,16,17). The fourth-order valence-corrected chi connectivity index (χ4v) is 2.41. The summed E-state index contributed by atoms with van der Waals surface area (Å²) in [6.45, 7) is 5.33. The number of amides is 1.